The number of rotatable bonds is 2. The van der Waals surface area contributed by atoms with Crippen LogP contribution in [0.25, 0.3) is 10.9 Å². The van der Waals surface area contributed by atoms with Gasteiger partial charge in [-0.3, -0.25) is 9.59 Å². The molecule has 0 spiro atoms. The van der Waals surface area contributed by atoms with Gasteiger partial charge in [-0.15, -0.1) is 0 Å². The van der Waals surface area contributed by atoms with Crippen LogP contribution in [-0.2, 0) is 4.79 Å². The maximum absolute atomic E-state index is 13.7. The highest BCUT2D eigenvalue weighted by Gasteiger charge is 2.36. The Morgan fingerprint density at radius 2 is 1.96 bits per heavy atom. The van der Waals surface area contributed by atoms with Gasteiger partial charge in [0.1, 0.15) is 17.6 Å². The highest BCUT2D eigenvalue weighted by atomic mass is 19.1. The van der Waals surface area contributed by atoms with Crippen LogP contribution in [0.1, 0.15) is 22.1 Å². The first kappa shape index (κ1) is 16.9. The molecule has 0 radical (unpaired) electrons. The van der Waals surface area contributed by atoms with Gasteiger partial charge in [-0.05, 0) is 23.8 Å². The molecule has 1 saturated heterocycles. The van der Waals surface area contributed by atoms with E-state index in [0.717, 1.165) is 0 Å². The van der Waals surface area contributed by atoms with Gasteiger partial charge < -0.3 is 15.2 Å². The molecule has 4 rings (SSSR count). The maximum Gasteiger partial charge on any atom is 0.346 e. The van der Waals surface area contributed by atoms with Crippen molar-refractivity contribution in [3.05, 3.63) is 76.1 Å². The van der Waals surface area contributed by atoms with Gasteiger partial charge in [-0.2, -0.15) is 4.98 Å². The van der Waals surface area contributed by atoms with E-state index in [0.29, 0.717) is 16.5 Å². The van der Waals surface area contributed by atoms with Crippen LogP contribution in [0.5, 0.6) is 0 Å². The van der Waals surface area contributed by atoms with Crippen LogP contribution in [0.3, 0.4) is 0 Å². The Morgan fingerprint density at radius 3 is 2.78 bits per heavy atom. The Labute approximate surface area is 152 Å². The number of aromatic amines is 1. The van der Waals surface area contributed by atoms with E-state index < -0.39 is 29.4 Å². The number of amides is 2. The van der Waals surface area contributed by atoms with Crippen molar-refractivity contribution in [3.8, 4) is 0 Å². The van der Waals surface area contributed by atoms with Gasteiger partial charge >= 0.3 is 5.69 Å². The van der Waals surface area contributed by atoms with Crippen LogP contribution in [0.4, 0.5) is 4.39 Å². The molecule has 1 aliphatic heterocycles. The minimum absolute atomic E-state index is 0.0366. The summed E-state index contributed by atoms with van der Waals surface area (Å²) in [5.41, 5.74) is 0.144. The Hall–Kier alpha value is -3.55. The van der Waals surface area contributed by atoms with E-state index in [-0.39, 0.29) is 18.8 Å². The molecule has 0 saturated carbocycles. The quantitative estimate of drug-likeness (QED) is 0.716. The minimum Gasteiger partial charge on any atom is -0.352 e. The lowest BCUT2D eigenvalue weighted by Crippen LogP contribution is -2.52. The van der Waals surface area contributed by atoms with Gasteiger partial charge in [0.2, 0.25) is 5.91 Å². The van der Waals surface area contributed by atoms with Crippen molar-refractivity contribution in [1.29, 1.82) is 0 Å². The van der Waals surface area contributed by atoms with E-state index in [1.807, 2.05) is 0 Å². The predicted octanol–water partition coefficient (Wildman–Crippen LogP) is 1.38. The van der Waals surface area contributed by atoms with Gasteiger partial charge in [0.15, 0.2) is 0 Å². The molecular formula is C19H15FN4O3. The average Bonchev–Trinajstić information content (AvgIpc) is 2.66. The third-order valence-corrected chi connectivity index (χ3v) is 4.48. The van der Waals surface area contributed by atoms with Crippen molar-refractivity contribution in [1.82, 2.24) is 20.2 Å². The number of aromatic nitrogens is 2. The third-order valence-electron chi connectivity index (χ3n) is 4.48. The van der Waals surface area contributed by atoms with Gasteiger partial charge in [0.25, 0.3) is 5.91 Å². The summed E-state index contributed by atoms with van der Waals surface area (Å²) in [5, 5.41) is 3.17. The van der Waals surface area contributed by atoms with Crippen molar-refractivity contribution in [3.63, 3.8) is 0 Å². The maximum atomic E-state index is 13.7. The molecular weight excluding hydrogens is 351 g/mol. The molecule has 2 amide bonds. The summed E-state index contributed by atoms with van der Waals surface area (Å²) in [6.07, 6.45) is 0. The molecule has 3 aromatic rings. The number of fused-ring (bicyclic) bond motifs is 1. The Morgan fingerprint density at radius 1 is 1.15 bits per heavy atom. The molecule has 136 valence electrons. The molecule has 1 aliphatic rings. The van der Waals surface area contributed by atoms with Crippen LogP contribution < -0.4 is 11.0 Å². The molecule has 1 unspecified atom stereocenters. The van der Waals surface area contributed by atoms with E-state index in [4.69, 9.17) is 0 Å². The number of H-pyrrole nitrogens is 1. The van der Waals surface area contributed by atoms with E-state index in [2.05, 4.69) is 15.3 Å². The van der Waals surface area contributed by atoms with Crippen LogP contribution in [-0.4, -0.2) is 39.8 Å². The Balaban J connectivity index is 1.82. The number of carbonyl (C=O) groups is 2. The SMILES string of the molecule is O=C1NCCN(C(=O)c2nc(=O)[nH]c3ccccc23)C1c1cccc(F)c1. The second-order valence-electron chi connectivity index (χ2n) is 6.18. The van der Waals surface area contributed by atoms with Crippen LogP contribution >= 0.6 is 0 Å². The lowest BCUT2D eigenvalue weighted by atomic mass is 10.0. The summed E-state index contributed by atoms with van der Waals surface area (Å²) in [4.78, 5) is 45.3. The first-order valence-corrected chi connectivity index (χ1v) is 8.38. The summed E-state index contributed by atoms with van der Waals surface area (Å²) in [5.74, 6) is -1.46. The molecule has 27 heavy (non-hydrogen) atoms. The number of hydrogen-bond donors (Lipinski definition) is 2. The van der Waals surface area contributed by atoms with Crippen molar-refractivity contribution in [2.75, 3.05) is 13.1 Å². The van der Waals surface area contributed by atoms with Gasteiger partial charge in [0.05, 0.1) is 5.52 Å². The molecule has 2 heterocycles. The fourth-order valence-corrected chi connectivity index (χ4v) is 3.30. The summed E-state index contributed by atoms with van der Waals surface area (Å²) in [6.45, 7) is 0.478. The van der Waals surface area contributed by atoms with E-state index >= 15 is 0 Å². The number of para-hydroxylation sites is 1. The lowest BCUT2D eigenvalue weighted by Gasteiger charge is -2.35. The highest BCUT2D eigenvalue weighted by Crippen LogP contribution is 2.26. The fraction of sp³-hybridized carbons (Fsp3) is 0.158. The molecule has 2 aromatic carbocycles. The Kier molecular flexibility index (Phi) is 4.15. The van der Waals surface area contributed by atoms with E-state index in [1.165, 1.54) is 23.1 Å². The first-order chi connectivity index (χ1) is 13.0. The van der Waals surface area contributed by atoms with Crippen molar-refractivity contribution < 1.29 is 14.0 Å². The highest BCUT2D eigenvalue weighted by molar-refractivity contribution is 6.05. The van der Waals surface area contributed by atoms with Crippen molar-refractivity contribution in [2.24, 2.45) is 0 Å². The van der Waals surface area contributed by atoms with E-state index in [1.54, 1.807) is 30.3 Å². The van der Waals surface area contributed by atoms with E-state index in [9.17, 15) is 18.8 Å². The summed E-state index contributed by atoms with van der Waals surface area (Å²) in [6, 6.07) is 11.4. The average molecular weight is 366 g/mol. The second kappa shape index (κ2) is 6.64. The van der Waals surface area contributed by atoms with Gasteiger partial charge in [-0.1, -0.05) is 30.3 Å². The predicted molar refractivity (Wildman–Crippen MR) is 95.6 cm³/mol. The zero-order chi connectivity index (χ0) is 19.0. The fourth-order valence-electron chi connectivity index (χ4n) is 3.30. The number of halogens is 1. The smallest absolute Gasteiger partial charge is 0.346 e. The molecule has 1 aromatic heterocycles. The third kappa shape index (κ3) is 3.05. The van der Waals surface area contributed by atoms with Crippen LogP contribution in [0, 0.1) is 5.82 Å². The topological polar surface area (TPSA) is 95.2 Å². The monoisotopic (exact) mass is 366 g/mol. The largest absolute Gasteiger partial charge is 0.352 e. The second-order valence-corrected chi connectivity index (χ2v) is 6.18. The number of piperazine rings is 1. The molecule has 1 atom stereocenters. The molecule has 0 bridgehead atoms. The summed E-state index contributed by atoms with van der Waals surface area (Å²) in [7, 11) is 0. The molecule has 7 nitrogen and oxygen atoms in total. The normalized spacial score (nSPS) is 17.0. The number of nitrogens with one attached hydrogen (secondary N) is 2. The standard InChI is InChI=1S/C19H15FN4O3/c20-12-5-3-4-11(10-12)16-17(25)21-8-9-24(16)18(26)15-13-6-1-2-7-14(13)22-19(27)23-15/h1-7,10,16H,8-9H2,(H,21,25)(H,22,23,27). The van der Waals surface area contributed by atoms with Crippen molar-refractivity contribution >= 4 is 22.7 Å². The zero-order valence-corrected chi connectivity index (χ0v) is 14.1. The lowest BCUT2D eigenvalue weighted by molar-refractivity contribution is -0.128. The van der Waals surface area contributed by atoms with Gasteiger partial charge in [0, 0.05) is 18.5 Å². The summed E-state index contributed by atoms with van der Waals surface area (Å²) >= 11 is 0. The molecule has 2 N–H and O–H groups in total. The Bertz CT molecular complexity index is 1110. The number of hydrogen-bond acceptors (Lipinski definition) is 4. The molecule has 8 heteroatoms. The summed E-state index contributed by atoms with van der Waals surface area (Å²) < 4.78 is 13.7. The minimum atomic E-state index is -0.998. The number of nitrogens with zero attached hydrogens (tertiary/aromatic N) is 2. The first-order valence-electron chi connectivity index (χ1n) is 8.38. The van der Waals surface area contributed by atoms with Crippen LogP contribution in [0.15, 0.2) is 53.3 Å². The number of benzene rings is 2. The molecule has 1 fully saturated rings. The van der Waals surface area contributed by atoms with Gasteiger partial charge in [-0.25, -0.2) is 9.18 Å². The number of carbonyl (C=O) groups excluding carboxylic acids is 2. The molecule has 0 aliphatic carbocycles. The zero-order valence-electron chi connectivity index (χ0n) is 14.1. The van der Waals surface area contributed by atoms with Crippen molar-refractivity contribution in [2.45, 2.75) is 6.04 Å². The van der Waals surface area contributed by atoms with Crippen LogP contribution in [0.2, 0.25) is 0 Å².